The van der Waals surface area contributed by atoms with Crippen molar-refractivity contribution in [3.05, 3.63) is 30.5 Å². The van der Waals surface area contributed by atoms with E-state index in [1.165, 1.54) is 10.4 Å². The van der Waals surface area contributed by atoms with Crippen LogP contribution in [0.4, 0.5) is 0 Å². The Labute approximate surface area is 121 Å². The summed E-state index contributed by atoms with van der Waals surface area (Å²) in [6.45, 7) is 12.6. The number of rotatable bonds is 7. The summed E-state index contributed by atoms with van der Waals surface area (Å²) >= 11 is 0. The second kappa shape index (κ2) is 6.56. The van der Waals surface area contributed by atoms with Crippen LogP contribution in [0.25, 0.3) is 0 Å². The summed E-state index contributed by atoms with van der Waals surface area (Å²) in [6, 6.07) is 3.19. The molecule has 0 aliphatic carbocycles. The summed E-state index contributed by atoms with van der Waals surface area (Å²) in [4.78, 5) is 0. The average molecular weight is 300 g/mol. The van der Waals surface area contributed by atoms with Gasteiger partial charge in [0.25, 0.3) is 10.0 Å². The number of furan rings is 1. The maximum Gasteiger partial charge on any atom is 0.276 e. The lowest BCUT2D eigenvalue weighted by atomic mass is 10.1. The van der Waals surface area contributed by atoms with Crippen LogP contribution in [0.1, 0.15) is 33.5 Å². The van der Waals surface area contributed by atoms with Crippen molar-refractivity contribution in [3.8, 4) is 0 Å². The zero-order valence-corrected chi connectivity index (χ0v) is 13.5. The van der Waals surface area contributed by atoms with Crippen molar-refractivity contribution in [2.45, 2.75) is 44.9 Å². The van der Waals surface area contributed by atoms with E-state index in [1.807, 2.05) is 20.8 Å². The van der Waals surface area contributed by atoms with Crippen molar-refractivity contribution in [2.75, 3.05) is 13.1 Å². The summed E-state index contributed by atoms with van der Waals surface area (Å²) in [6.07, 6.45) is 1.56. The SMILES string of the molecule is C=CCN(CC)S(=O)(=O)c1ccc(CNC(C)(C)C)o1. The Bertz CT molecular complexity index is 541. The van der Waals surface area contributed by atoms with Crippen LogP contribution in [0.3, 0.4) is 0 Å². The summed E-state index contributed by atoms with van der Waals surface area (Å²) in [5.74, 6) is 0.605. The molecule has 0 unspecified atom stereocenters. The zero-order chi connectivity index (χ0) is 15.4. The maximum atomic E-state index is 12.3. The molecule has 1 N–H and O–H groups in total. The molecule has 6 heteroatoms. The van der Waals surface area contributed by atoms with Crippen molar-refractivity contribution in [3.63, 3.8) is 0 Å². The highest BCUT2D eigenvalue weighted by Gasteiger charge is 2.25. The van der Waals surface area contributed by atoms with Gasteiger partial charge in [-0.2, -0.15) is 4.31 Å². The van der Waals surface area contributed by atoms with Gasteiger partial charge in [0.1, 0.15) is 5.76 Å². The molecule has 1 rings (SSSR count). The fourth-order valence-corrected chi connectivity index (χ4v) is 2.96. The van der Waals surface area contributed by atoms with E-state index in [4.69, 9.17) is 4.42 Å². The fraction of sp³-hybridized carbons (Fsp3) is 0.571. The van der Waals surface area contributed by atoms with Gasteiger partial charge in [-0.3, -0.25) is 0 Å². The summed E-state index contributed by atoms with van der Waals surface area (Å²) in [7, 11) is -3.58. The van der Waals surface area contributed by atoms with Crippen LogP contribution in [0.5, 0.6) is 0 Å². The van der Waals surface area contributed by atoms with E-state index in [9.17, 15) is 8.42 Å². The molecule has 0 spiro atoms. The highest BCUT2D eigenvalue weighted by atomic mass is 32.2. The number of sulfonamides is 1. The van der Waals surface area contributed by atoms with Crippen LogP contribution < -0.4 is 5.32 Å². The molecule has 0 aromatic carbocycles. The normalized spacial score (nSPS) is 12.8. The molecule has 0 radical (unpaired) electrons. The van der Waals surface area contributed by atoms with Crippen molar-refractivity contribution in [1.29, 1.82) is 0 Å². The minimum atomic E-state index is -3.58. The van der Waals surface area contributed by atoms with Crippen molar-refractivity contribution < 1.29 is 12.8 Å². The van der Waals surface area contributed by atoms with Gasteiger partial charge in [0.05, 0.1) is 6.54 Å². The van der Waals surface area contributed by atoms with E-state index in [2.05, 4.69) is 11.9 Å². The van der Waals surface area contributed by atoms with Crippen LogP contribution in [0.2, 0.25) is 0 Å². The molecule has 0 saturated heterocycles. The number of likely N-dealkylation sites (N-methyl/N-ethyl adjacent to an activating group) is 1. The van der Waals surface area contributed by atoms with E-state index in [0.717, 1.165) is 0 Å². The van der Waals surface area contributed by atoms with E-state index in [1.54, 1.807) is 19.1 Å². The minimum absolute atomic E-state index is 0.0214. The zero-order valence-electron chi connectivity index (χ0n) is 12.6. The Hall–Kier alpha value is -1.11. The van der Waals surface area contributed by atoms with Crippen LogP contribution in [0.15, 0.2) is 34.3 Å². The average Bonchev–Trinajstić information content (AvgIpc) is 2.81. The van der Waals surface area contributed by atoms with Gasteiger partial charge in [0.15, 0.2) is 0 Å². The number of hydrogen-bond acceptors (Lipinski definition) is 4. The topological polar surface area (TPSA) is 62.6 Å². The molecule has 114 valence electrons. The Balaban J connectivity index is 2.87. The molecule has 0 fully saturated rings. The van der Waals surface area contributed by atoms with Crippen LogP contribution in [-0.4, -0.2) is 31.4 Å². The van der Waals surface area contributed by atoms with Gasteiger partial charge in [0, 0.05) is 18.6 Å². The van der Waals surface area contributed by atoms with Crippen molar-refractivity contribution in [1.82, 2.24) is 9.62 Å². The summed E-state index contributed by atoms with van der Waals surface area (Å²) < 4.78 is 31.4. The molecule has 5 nitrogen and oxygen atoms in total. The third-order valence-corrected chi connectivity index (χ3v) is 4.52. The first-order valence-electron chi connectivity index (χ1n) is 6.65. The first-order chi connectivity index (χ1) is 9.20. The number of nitrogens with zero attached hydrogens (tertiary/aromatic N) is 1. The second-order valence-electron chi connectivity index (χ2n) is 5.57. The first-order valence-corrected chi connectivity index (χ1v) is 8.09. The van der Waals surface area contributed by atoms with E-state index in [-0.39, 0.29) is 17.2 Å². The molecule has 0 saturated carbocycles. The summed E-state index contributed by atoms with van der Waals surface area (Å²) in [5.41, 5.74) is -0.0515. The lowest BCUT2D eigenvalue weighted by Crippen LogP contribution is -2.34. The minimum Gasteiger partial charge on any atom is -0.447 e. The van der Waals surface area contributed by atoms with Gasteiger partial charge in [-0.25, -0.2) is 8.42 Å². The molecule has 20 heavy (non-hydrogen) atoms. The Morgan fingerprint density at radius 1 is 1.40 bits per heavy atom. The van der Waals surface area contributed by atoms with E-state index >= 15 is 0 Å². The largest absolute Gasteiger partial charge is 0.447 e. The number of nitrogens with one attached hydrogen (secondary N) is 1. The van der Waals surface area contributed by atoms with Gasteiger partial charge in [-0.1, -0.05) is 13.0 Å². The monoisotopic (exact) mass is 300 g/mol. The van der Waals surface area contributed by atoms with E-state index < -0.39 is 10.0 Å². The third kappa shape index (κ3) is 4.47. The predicted molar refractivity (Wildman–Crippen MR) is 79.9 cm³/mol. The maximum absolute atomic E-state index is 12.3. The van der Waals surface area contributed by atoms with Crippen LogP contribution >= 0.6 is 0 Å². The van der Waals surface area contributed by atoms with Crippen LogP contribution in [-0.2, 0) is 16.6 Å². The Morgan fingerprint density at radius 2 is 2.05 bits per heavy atom. The van der Waals surface area contributed by atoms with E-state index in [0.29, 0.717) is 18.8 Å². The highest BCUT2D eigenvalue weighted by Crippen LogP contribution is 2.19. The van der Waals surface area contributed by atoms with Gasteiger partial charge in [-0.15, -0.1) is 6.58 Å². The molecular weight excluding hydrogens is 276 g/mol. The van der Waals surface area contributed by atoms with Crippen molar-refractivity contribution >= 4 is 10.0 Å². The Morgan fingerprint density at radius 3 is 2.55 bits per heavy atom. The molecule has 0 bridgehead atoms. The van der Waals surface area contributed by atoms with Crippen LogP contribution in [0, 0.1) is 0 Å². The van der Waals surface area contributed by atoms with Gasteiger partial charge in [0.2, 0.25) is 5.09 Å². The highest BCUT2D eigenvalue weighted by molar-refractivity contribution is 7.89. The summed E-state index contributed by atoms with van der Waals surface area (Å²) in [5, 5.41) is 3.23. The van der Waals surface area contributed by atoms with Gasteiger partial charge >= 0.3 is 0 Å². The molecule has 0 amide bonds. The Kier molecular flexibility index (Phi) is 5.56. The fourth-order valence-electron chi connectivity index (χ4n) is 1.61. The molecule has 1 heterocycles. The van der Waals surface area contributed by atoms with Gasteiger partial charge in [-0.05, 0) is 32.9 Å². The molecule has 0 atom stereocenters. The van der Waals surface area contributed by atoms with Gasteiger partial charge < -0.3 is 9.73 Å². The molecule has 0 aliphatic heterocycles. The molecular formula is C14H24N2O3S. The molecule has 1 aromatic rings. The second-order valence-corrected chi connectivity index (χ2v) is 7.44. The third-order valence-electron chi connectivity index (χ3n) is 2.71. The molecule has 1 aromatic heterocycles. The molecule has 0 aliphatic rings. The number of hydrogen-bond donors (Lipinski definition) is 1. The lowest BCUT2D eigenvalue weighted by Gasteiger charge is -2.19. The quantitative estimate of drug-likeness (QED) is 0.785. The standard InChI is InChI=1S/C14H24N2O3S/c1-6-10-16(7-2)20(17,18)13-9-8-12(19-13)11-15-14(3,4)5/h6,8-9,15H,1,7,10-11H2,2-5H3. The predicted octanol–water partition coefficient (Wildman–Crippen LogP) is 2.36. The lowest BCUT2D eigenvalue weighted by molar-refractivity contribution is 0.350. The van der Waals surface area contributed by atoms with Crippen molar-refractivity contribution in [2.24, 2.45) is 0 Å². The first kappa shape index (κ1) is 16.9. The smallest absolute Gasteiger partial charge is 0.276 e.